The van der Waals surface area contributed by atoms with Crippen LogP contribution in [0.5, 0.6) is 0 Å². The Kier molecular flexibility index (Phi) is 5.90. The first kappa shape index (κ1) is 20.9. The van der Waals surface area contributed by atoms with Crippen LogP contribution in [0.4, 0.5) is 5.69 Å². The smallest absolute Gasteiger partial charge is 0.338 e. The minimum Gasteiger partial charge on any atom is -0.462 e. The van der Waals surface area contributed by atoms with Crippen LogP contribution in [0.15, 0.2) is 53.7 Å². The number of ether oxygens (including phenoxy) is 1. The van der Waals surface area contributed by atoms with Gasteiger partial charge in [0.1, 0.15) is 0 Å². The number of esters is 1. The fourth-order valence-corrected chi connectivity index (χ4v) is 4.08. The predicted octanol–water partition coefficient (Wildman–Crippen LogP) is 4.41. The van der Waals surface area contributed by atoms with Crippen LogP contribution < -0.4 is 5.32 Å². The molecule has 4 aromatic rings. The molecule has 2 aromatic heterocycles. The Hall–Kier alpha value is -3.39. The van der Waals surface area contributed by atoms with Gasteiger partial charge in [0, 0.05) is 5.69 Å². The average molecular weight is 435 g/mol. The van der Waals surface area contributed by atoms with Crippen molar-refractivity contribution >= 4 is 45.9 Å². The second kappa shape index (κ2) is 8.77. The van der Waals surface area contributed by atoms with E-state index in [4.69, 9.17) is 4.74 Å². The van der Waals surface area contributed by atoms with Crippen molar-refractivity contribution in [2.75, 3.05) is 17.7 Å². The number of thioether (sulfide) groups is 1. The van der Waals surface area contributed by atoms with Crippen LogP contribution >= 0.6 is 11.8 Å². The molecule has 0 aliphatic rings. The van der Waals surface area contributed by atoms with Gasteiger partial charge in [0.2, 0.25) is 5.91 Å². The number of hydrogen-bond acceptors (Lipinski definition) is 6. The van der Waals surface area contributed by atoms with Crippen LogP contribution in [-0.2, 0) is 9.53 Å². The molecule has 158 valence electrons. The number of aryl methyl sites for hydroxylation is 2. The number of anilines is 1. The monoisotopic (exact) mass is 434 g/mol. The second-order valence-electron chi connectivity index (χ2n) is 7.17. The molecule has 0 saturated heterocycles. The molecule has 0 aliphatic carbocycles. The SMILES string of the molecule is CCOC(=O)c1ccc(NC(=O)CSc2nnc3c(C)cc4ccc(C)cc4n23)cc1. The Balaban J connectivity index is 1.49. The van der Waals surface area contributed by atoms with Gasteiger partial charge in [0.15, 0.2) is 10.8 Å². The zero-order chi connectivity index (χ0) is 22.0. The highest BCUT2D eigenvalue weighted by molar-refractivity contribution is 7.99. The molecule has 0 unspecified atom stereocenters. The fourth-order valence-electron chi connectivity index (χ4n) is 3.33. The van der Waals surface area contributed by atoms with Crippen LogP contribution in [-0.4, -0.2) is 38.8 Å². The van der Waals surface area contributed by atoms with Crippen LogP contribution in [0.2, 0.25) is 0 Å². The summed E-state index contributed by atoms with van der Waals surface area (Å²) in [5.74, 6) is -0.368. The van der Waals surface area contributed by atoms with Gasteiger partial charge in [-0.2, -0.15) is 0 Å². The number of hydrogen-bond donors (Lipinski definition) is 1. The quantitative estimate of drug-likeness (QED) is 0.357. The molecule has 0 fully saturated rings. The van der Waals surface area contributed by atoms with Crippen molar-refractivity contribution in [2.24, 2.45) is 0 Å². The van der Waals surface area contributed by atoms with Crippen molar-refractivity contribution in [3.05, 3.63) is 65.2 Å². The molecule has 4 rings (SSSR count). The van der Waals surface area contributed by atoms with Gasteiger partial charge in [-0.25, -0.2) is 4.79 Å². The lowest BCUT2D eigenvalue weighted by Gasteiger charge is -2.08. The van der Waals surface area contributed by atoms with Gasteiger partial charge in [0.25, 0.3) is 0 Å². The Morgan fingerprint density at radius 1 is 1.06 bits per heavy atom. The number of rotatable bonds is 6. The number of aromatic nitrogens is 3. The summed E-state index contributed by atoms with van der Waals surface area (Å²) in [6, 6.07) is 15.0. The maximum Gasteiger partial charge on any atom is 0.338 e. The van der Waals surface area contributed by atoms with Crippen LogP contribution in [0.25, 0.3) is 16.6 Å². The molecular formula is C23H22N4O3S. The number of nitrogens with one attached hydrogen (secondary N) is 1. The lowest BCUT2D eigenvalue weighted by atomic mass is 10.1. The molecule has 0 bridgehead atoms. The molecule has 1 N–H and O–H groups in total. The van der Waals surface area contributed by atoms with Gasteiger partial charge in [-0.1, -0.05) is 23.9 Å². The molecule has 2 heterocycles. The van der Waals surface area contributed by atoms with E-state index in [9.17, 15) is 9.59 Å². The molecule has 0 radical (unpaired) electrons. The summed E-state index contributed by atoms with van der Waals surface area (Å²) in [6.45, 7) is 6.13. The summed E-state index contributed by atoms with van der Waals surface area (Å²) in [4.78, 5) is 24.2. The fraction of sp³-hybridized carbons (Fsp3) is 0.217. The number of benzene rings is 2. The van der Waals surface area contributed by atoms with Crippen LogP contribution in [0, 0.1) is 13.8 Å². The molecule has 0 spiro atoms. The molecule has 0 aliphatic heterocycles. The maximum atomic E-state index is 12.5. The third-order valence-electron chi connectivity index (χ3n) is 4.80. The Morgan fingerprint density at radius 2 is 1.84 bits per heavy atom. The number of pyridine rings is 1. The third-order valence-corrected chi connectivity index (χ3v) is 5.73. The number of nitrogens with zero attached hydrogens (tertiary/aromatic N) is 3. The van der Waals surface area contributed by atoms with Gasteiger partial charge in [-0.3, -0.25) is 9.20 Å². The Labute approximate surface area is 183 Å². The largest absolute Gasteiger partial charge is 0.462 e. The first-order valence-electron chi connectivity index (χ1n) is 9.91. The van der Waals surface area contributed by atoms with Crippen molar-refractivity contribution in [2.45, 2.75) is 25.9 Å². The van der Waals surface area contributed by atoms with Gasteiger partial charge < -0.3 is 10.1 Å². The Morgan fingerprint density at radius 3 is 2.58 bits per heavy atom. The number of fused-ring (bicyclic) bond motifs is 3. The molecule has 2 aromatic carbocycles. The van der Waals surface area contributed by atoms with Gasteiger partial charge in [-0.15, -0.1) is 10.2 Å². The highest BCUT2D eigenvalue weighted by atomic mass is 32.2. The summed E-state index contributed by atoms with van der Waals surface area (Å²) < 4.78 is 6.97. The minimum absolute atomic E-state index is 0.168. The normalized spacial score (nSPS) is 11.1. The van der Waals surface area contributed by atoms with E-state index < -0.39 is 0 Å². The topological polar surface area (TPSA) is 85.6 Å². The lowest BCUT2D eigenvalue weighted by molar-refractivity contribution is -0.113. The van der Waals surface area contributed by atoms with Crippen LogP contribution in [0.1, 0.15) is 28.4 Å². The highest BCUT2D eigenvalue weighted by Crippen LogP contribution is 2.26. The van der Waals surface area contributed by atoms with E-state index in [1.165, 1.54) is 11.8 Å². The number of carbonyl (C=O) groups is 2. The van der Waals surface area contributed by atoms with E-state index in [2.05, 4.69) is 39.8 Å². The van der Waals surface area contributed by atoms with E-state index in [-0.39, 0.29) is 17.6 Å². The summed E-state index contributed by atoms with van der Waals surface area (Å²) in [5.41, 5.74) is 5.04. The number of amides is 1. The third kappa shape index (κ3) is 4.39. The van der Waals surface area contributed by atoms with Crippen molar-refractivity contribution in [1.82, 2.24) is 14.6 Å². The Bertz CT molecular complexity index is 1280. The van der Waals surface area contributed by atoms with E-state index in [0.717, 1.165) is 27.7 Å². The second-order valence-corrected chi connectivity index (χ2v) is 8.11. The average Bonchev–Trinajstić information content (AvgIpc) is 3.19. The van der Waals surface area contributed by atoms with Crippen molar-refractivity contribution in [3.63, 3.8) is 0 Å². The molecule has 7 nitrogen and oxygen atoms in total. The van der Waals surface area contributed by atoms with E-state index in [1.807, 2.05) is 18.2 Å². The first-order chi connectivity index (χ1) is 15.0. The van der Waals surface area contributed by atoms with Gasteiger partial charge in [0.05, 0.1) is 23.4 Å². The van der Waals surface area contributed by atoms with Crippen molar-refractivity contribution < 1.29 is 14.3 Å². The summed E-state index contributed by atoms with van der Waals surface area (Å²) in [5, 5.41) is 13.2. The highest BCUT2D eigenvalue weighted by Gasteiger charge is 2.14. The lowest BCUT2D eigenvalue weighted by Crippen LogP contribution is -2.14. The summed E-state index contributed by atoms with van der Waals surface area (Å²) >= 11 is 1.33. The van der Waals surface area contributed by atoms with Gasteiger partial charge >= 0.3 is 5.97 Å². The molecule has 8 heteroatoms. The molecule has 31 heavy (non-hydrogen) atoms. The molecule has 0 saturated carbocycles. The van der Waals surface area contributed by atoms with E-state index >= 15 is 0 Å². The van der Waals surface area contributed by atoms with E-state index in [1.54, 1.807) is 31.2 Å². The van der Waals surface area contributed by atoms with E-state index in [0.29, 0.717) is 23.0 Å². The van der Waals surface area contributed by atoms with Crippen LogP contribution in [0.3, 0.4) is 0 Å². The summed E-state index contributed by atoms with van der Waals surface area (Å²) in [7, 11) is 0. The minimum atomic E-state index is -0.382. The van der Waals surface area contributed by atoms with Crippen molar-refractivity contribution in [3.8, 4) is 0 Å². The molecule has 1 amide bonds. The first-order valence-corrected chi connectivity index (χ1v) is 10.9. The zero-order valence-electron chi connectivity index (χ0n) is 17.5. The number of carbonyl (C=O) groups excluding carboxylic acids is 2. The summed E-state index contributed by atoms with van der Waals surface area (Å²) in [6.07, 6.45) is 0. The predicted molar refractivity (Wildman–Crippen MR) is 122 cm³/mol. The maximum absolute atomic E-state index is 12.5. The zero-order valence-corrected chi connectivity index (χ0v) is 18.3. The van der Waals surface area contributed by atoms with Crippen molar-refractivity contribution in [1.29, 1.82) is 0 Å². The van der Waals surface area contributed by atoms with Gasteiger partial charge in [-0.05, 0) is 73.7 Å². The molecular weight excluding hydrogens is 412 g/mol. The standard InChI is InChI=1S/C23H22N4O3S/c1-4-30-22(29)16-7-9-18(10-8-16)24-20(28)13-31-23-26-25-21-15(3)12-17-6-5-14(2)11-19(17)27(21)23/h5-12H,4,13H2,1-3H3,(H,24,28). The molecule has 0 atom stereocenters.